The Morgan fingerprint density at radius 1 is 1.06 bits per heavy atom. The monoisotopic (exact) mass is 428 g/mol. The van der Waals surface area contributed by atoms with Crippen molar-refractivity contribution in [3.05, 3.63) is 89.5 Å². The number of para-hydroxylation sites is 2. The van der Waals surface area contributed by atoms with E-state index in [2.05, 4.69) is 5.32 Å². The van der Waals surface area contributed by atoms with Crippen molar-refractivity contribution in [2.24, 2.45) is 0 Å². The van der Waals surface area contributed by atoms with Gasteiger partial charge in [0.15, 0.2) is 5.78 Å². The number of hydrogen-bond acceptors (Lipinski definition) is 5. The number of ether oxygens (including phenoxy) is 1. The molecular formula is C26H24N2O4. The molecule has 2 atom stereocenters. The van der Waals surface area contributed by atoms with Crippen LogP contribution in [-0.4, -0.2) is 18.8 Å². The smallest absolute Gasteiger partial charge is 0.224 e. The number of carbonyl (C=O) groups is 2. The molecule has 3 aromatic rings. The molecule has 0 fully saturated rings. The van der Waals surface area contributed by atoms with Gasteiger partial charge < -0.3 is 14.5 Å². The quantitative estimate of drug-likeness (QED) is 0.620. The number of hydrogen-bond donors (Lipinski definition) is 1. The number of benzene rings is 2. The predicted molar refractivity (Wildman–Crippen MR) is 122 cm³/mol. The standard InChI is InChI=1S/C26H24N2O4/c1-16(29)28-22-7-4-3-6-20(22)27-21-14-18(24-8-5-13-32-24)15-23(30)25(21)26(28)17-9-11-19(31-2)12-10-17/h3-13,18,26-27H,14-15H2,1-2H3/t18-,26+/m1/s1. The zero-order valence-corrected chi connectivity index (χ0v) is 18.0. The van der Waals surface area contributed by atoms with E-state index in [-0.39, 0.29) is 17.6 Å². The van der Waals surface area contributed by atoms with E-state index in [4.69, 9.17) is 9.15 Å². The summed E-state index contributed by atoms with van der Waals surface area (Å²) in [6.07, 6.45) is 2.60. The Balaban J connectivity index is 1.70. The maximum Gasteiger partial charge on any atom is 0.224 e. The SMILES string of the molecule is COc1ccc([C@H]2C3=C(C[C@@H](c4ccco4)CC3=O)Nc3ccccc3N2C(C)=O)cc1. The van der Waals surface area contributed by atoms with Gasteiger partial charge in [-0.2, -0.15) is 0 Å². The van der Waals surface area contributed by atoms with Gasteiger partial charge in [0, 0.05) is 30.5 Å². The molecule has 0 unspecified atom stereocenters. The molecule has 6 heteroatoms. The molecule has 32 heavy (non-hydrogen) atoms. The molecule has 1 aromatic heterocycles. The third-order valence-corrected chi connectivity index (χ3v) is 6.20. The van der Waals surface area contributed by atoms with Crippen LogP contribution in [0, 0.1) is 0 Å². The minimum Gasteiger partial charge on any atom is -0.497 e. The van der Waals surface area contributed by atoms with Crippen LogP contribution >= 0.6 is 0 Å². The van der Waals surface area contributed by atoms with Gasteiger partial charge in [-0.05, 0) is 48.4 Å². The molecule has 162 valence electrons. The highest BCUT2D eigenvalue weighted by Crippen LogP contribution is 2.47. The summed E-state index contributed by atoms with van der Waals surface area (Å²) in [5.41, 5.74) is 3.87. The lowest BCUT2D eigenvalue weighted by atomic mass is 9.80. The molecule has 1 N–H and O–H groups in total. The molecule has 0 bridgehead atoms. The van der Waals surface area contributed by atoms with Crippen LogP contribution < -0.4 is 15.0 Å². The van der Waals surface area contributed by atoms with E-state index in [0.29, 0.717) is 18.4 Å². The Bertz CT molecular complexity index is 1190. The number of rotatable bonds is 3. The van der Waals surface area contributed by atoms with Crippen LogP contribution in [0.3, 0.4) is 0 Å². The summed E-state index contributed by atoms with van der Waals surface area (Å²) >= 11 is 0. The fourth-order valence-electron chi connectivity index (χ4n) is 4.76. The Hall–Kier alpha value is -3.80. The van der Waals surface area contributed by atoms with Crippen LogP contribution in [0.1, 0.15) is 43.0 Å². The maximum atomic E-state index is 13.6. The molecule has 2 aliphatic rings. The van der Waals surface area contributed by atoms with Gasteiger partial charge in [0.25, 0.3) is 0 Å². The summed E-state index contributed by atoms with van der Waals surface area (Å²) in [4.78, 5) is 28.3. The number of carbonyl (C=O) groups excluding carboxylic acids is 2. The van der Waals surface area contributed by atoms with Crippen molar-refractivity contribution in [2.75, 3.05) is 17.3 Å². The first-order valence-electron chi connectivity index (χ1n) is 10.7. The lowest BCUT2D eigenvalue weighted by molar-refractivity contribution is -0.117. The van der Waals surface area contributed by atoms with Crippen molar-refractivity contribution in [3.63, 3.8) is 0 Å². The van der Waals surface area contributed by atoms with Gasteiger partial charge in [-0.15, -0.1) is 0 Å². The van der Waals surface area contributed by atoms with E-state index in [1.54, 1.807) is 18.3 Å². The van der Waals surface area contributed by atoms with Gasteiger partial charge >= 0.3 is 0 Å². The van der Waals surface area contributed by atoms with Gasteiger partial charge in [-0.3, -0.25) is 14.5 Å². The van der Waals surface area contributed by atoms with E-state index < -0.39 is 6.04 Å². The highest BCUT2D eigenvalue weighted by atomic mass is 16.5. The highest BCUT2D eigenvalue weighted by molar-refractivity contribution is 6.05. The Labute approximate surface area is 186 Å². The van der Waals surface area contributed by atoms with Crippen molar-refractivity contribution in [1.82, 2.24) is 0 Å². The second-order valence-corrected chi connectivity index (χ2v) is 8.14. The summed E-state index contributed by atoms with van der Waals surface area (Å²) in [7, 11) is 1.61. The molecule has 6 nitrogen and oxygen atoms in total. The lowest BCUT2D eigenvalue weighted by Gasteiger charge is -2.34. The van der Waals surface area contributed by atoms with E-state index in [1.807, 2.05) is 60.7 Å². The number of nitrogens with zero attached hydrogens (tertiary/aromatic N) is 1. The Morgan fingerprint density at radius 2 is 1.84 bits per heavy atom. The normalized spacial score (nSPS) is 20.2. The van der Waals surface area contributed by atoms with Gasteiger partial charge in [0.2, 0.25) is 5.91 Å². The molecule has 2 aromatic carbocycles. The number of anilines is 2. The first-order chi connectivity index (χ1) is 15.6. The van der Waals surface area contributed by atoms with Crippen LogP contribution in [-0.2, 0) is 9.59 Å². The number of methoxy groups -OCH3 is 1. The average Bonchev–Trinajstić information content (AvgIpc) is 3.29. The third kappa shape index (κ3) is 3.38. The van der Waals surface area contributed by atoms with E-state index in [9.17, 15) is 9.59 Å². The molecule has 0 saturated heterocycles. The van der Waals surface area contributed by atoms with Crippen molar-refractivity contribution in [2.45, 2.75) is 31.7 Å². The first-order valence-corrected chi connectivity index (χ1v) is 10.7. The number of ketones is 1. The average molecular weight is 428 g/mol. The Morgan fingerprint density at radius 3 is 2.53 bits per heavy atom. The summed E-state index contributed by atoms with van der Waals surface area (Å²) in [5.74, 6) is 1.36. The van der Waals surface area contributed by atoms with E-state index in [1.165, 1.54) is 6.92 Å². The molecule has 0 radical (unpaired) electrons. The number of allylic oxidation sites excluding steroid dienone is 1. The molecule has 0 saturated carbocycles. The topological polar surface area (TPSA) is 71.8 Å². The number of amides is 1. The number of fused-ring (bicyclic) bond motifs is 1. The number of nitrogens with one attached hydrogen (secondary N) is 1. The summed E-state index contributed by atoms with van der Waals surface area (Å²) in [5, 5.41) is 3.49. The van der Waals surface area contributed by atoms with Crippen molar-refractivity contribution < 1.29 is 18.7 Å². The van der Waals surface area contributed by atoms with Crippen molar-refractivity contribution in [3.8, 4) is 5.75 Å². The third-order valence-electron chi connectivity index (χ3n) is 6.20. The molecule has 0 spiro atoms. The van der Waals surface area contributed by atoms with Crippen molar-refractivity contribution in [1.29, 1.82) is 0 Å². The van der Waals surface area contributed by atoms with Gasteiger partial charge in [0.1, 0.15) is 11.5 Å². The minimum atomic E-state index is -0.533. The fraction of sp³-hybridized carbons (Fsp3) is 0.231. The van der Waals surface area contributed by atoms with Crippen LogP contribution in [0.4, 0.5) is 11.4 Å². The number of furan rings is 1. The summed E-state index contributed by atoms with van der Waals surface area (Å²) < 4.78 is 10.9. The van der Waals surface area contributed by atoms with E-state index >= 15 is 0 Å². The molecule has 1 aliphatic heterocycles. The van der Waals surface area contributed by atoms with Gasteiger partial charge in [-0.1, -0.05) is 24.3 Å². The van der Waals surface area contributed by atoms with Crippen molar-refractivity contribution >= 4 is 23.1 Å². The van der Waals surface area contributed by atoms with Gasteiger partial charge in [0.05, 0.1) is 30.8 Å². The van der Waals surface area contributed by atoms with Gasteiger partial charge in [-0.25, -0.2) is 0 Å². The zero-order chi connectivity index (χ0) is 22.2. The molecule has 1 aliphatic carbocycles. The molecule has 2 heterocycles. The van der Waals surface area contributed by atoms with Crippen LogP contribution in [0.2, 0.25) is 0 Å². The molecule has 1 amide bonds. The van der Waals surface area contributed by atoms with E-state index in [0.717, 1.165) is 34.1 Å². The largest absolute Gasteiger partial charge is 0.497 e. The lowest BCUT2D eigenvalue weighted by Crippen LogP contribution is -2.37. The van der Waals surface area contributed by atoms with Crippen LogP contribution in [0.25, 0.3) is 0 Å². The fourth-order valence-corrected chi connectivity index (χ4v) is 4.76. The summed E-state index contributed by atoms with van der Waals surface area (Å²) in [6.45, 7) is 1.54. The second kappa shape index (κ2) is 8.04. The maximum absolute atomic E-state index is 13.6. The van der Waals surface area contributed by atoms with Crippen LogP contribution in [0.15, 0.2) is 82.6 Å². The summed E-state index contributed by atoms with van der Waals surface area (Å²) in [6, 6.07) is 18.5. The highest BCUT2D eigenvalue weighted by Gasteiger charge is 2.41. The minimum absolute atomic E-state index is 0.0139. The first kappa shape index (κ1) is 20.1. The predicted octanol–water partition coefficient (Wildman–Crippen LogP) is 5.21. The Kier molecular flexibility index (Phi) is 5.05. The van der Waals surface area contributed by atoms with Crippen LogP contribution in [0.5, 0.6) is 5.75 Å². The number of Topliss-reactive ketones (excluding diaryl/α,β-unsaturated/α-hetero) is 1. The molecular weight excluding hydrogens is 404 g/mol. The zero-order valence-electron chi connectivity index (χ0n) is 18.0. The second-order valence-electron chi connectivity index (χ2n) is 8.14. The molecule has 5 rings (SSSR count).